The van der Waals surface area contributed by atoms with Gasteiger partial charge in [-0.3, -0.25) is 14.7 Å². The van der Waals surface area contributed by atoms with E-state index < -0.39 is 0 Å². The lowest BCUT2D eigenvalue weighted by molar-refractivity contribution is -0.105. The largest absolute Gasteiger partial charge is 0.471 e. The first-order chi connectivity index (χ1) is 17.1. The van der Waals surface area contributed by atoms with Gasteiger partial charge in [0.25, 0.3) is 0 Å². The van der Waals surface area contributed by atoms with E-state index >= 15 is 0 Å². The van der Waals surface area contributed by atoms with Crippen LogP contribution in [0.4, 0.5) is 5.69 Å². The van der Waals surface area contributed by atoms with E-state index in [4.69, 9.17) is 26.3 Å². The molecule has 5 rings (SSSR count). The first kappa shape index (κ1) is 23.0. The number of benzene rings is 1. The molecule has 0 saturated carbocycles. The molecule has 9 heteroatoms. The zero-order valence-corrected chi connectivity index (χ0v) is 20.1. The standard InChI is InChI=1S/C26H25ClN6O2/c1-32-24-8-7-20(29-17-34)13-23(24)30-25(32)15-33-11-9-18(10-12-33)22-3-2-4-26(31-22)35-16-21-6-5-19(27)14-28-21/h2-9,13-14,17H,10-12,15-16H2,1H3,(H,29,34). The van der Waals surface area contributed by atoms with Crippen LogP contribution in [-0.4, -0.2) is 43.9 Å². The number of imidazole rings is 1. The van der Waals surface area contributed by atoms with Crippen LogP contribution in [0.15, 0.2) is 60.8 Å². The maximum atomic E-state index is 10.7. The second-order valence-electron chi connectivity index (χ2n) is 8.38. The van der Waals surface area contributed by atoms with E-state index in [2.05, 4.69) is 25.8 Å². The SMILES string of the molecule is Cn1c(CN2CC=C(c3cccc(OCc4ccc(Cl)cn4)n3)CC2)nc2cc(NC=O)ccc21. The molecule has 4 heterocycles. The van der Waals surface area contributed by atoms with Crippen molar-refractivity contribution in [1.82, 2.24) is 24.4 Å². The average molecular weight is 489 g/mol. The van der Waals surface area contributed by atoms with Crippen molar-refractivity contribution in [2.45, 2.75) is 19.6 Å². The summed E-state index contributed by atoms with van der Waals surface area (Å²) in [6.45, 7) is 2.81. The molecular formula is C26H25ClN6O2. The summed E-state index contributed by atoms with van der Waals surface area (Å²) in [6.07, 6.45) is 5.41. The maximum Gasteiger partial charge on any atom is 0.214 e. The Morgan fingerprint density at radius 3 is 2.86 bits per heavy atom. The molecule has 1 amide bonds. The number of aryl methyl sites for hydroxylation is 1. The monoisotopic (exact) mass is 488 g/mol. The first-order valence-corrected chi connectivity index (χ1v) is 11.7. The third kappa shape index (κ3) is 5.34. The molecule has 1 aliphatic heterocycles. The lowest BCUT2D eigenvalue weighted by Gasteiger charge is -2.25. The molecule has 0 radical (unpaired) electrons. The van der Waals surface area contributed by atoms with E-state index in [1.165, 1.54) is 5.57 Å². The molecule has 1 N–H and O–H groups in total. The van der Waals surface area contributed by atoms with Crippen LogP contribution in [0.25, 0.3) is 16.6 Å². The summed E-state index contributed by atoms with van der Waals surface area (Å²) in [7, 11) is 2.03. The van der Waals surface area contributed by atoms with E-state index in [9.17, 15) is 4.79 Å². The highest BCUT2D eigenvalue weighted by Crippen LogP contribution is 2.25. The predicted molar refractivity (Wildman–Crippen MR) is 136 cm³/mol. The van der Waals surface area contributed by atoms with Gasteiger partial charge in [0.05, 0.1) is 34.0 Å². The smallest absolute Gasteiger partial charge is 0.214 e. The molecule has 0 aliphatic carbocycles. The van der Waals surface area contributed by atoms with E-state index in [1.807, 2.05) is 49.5 Å². The molecular weight excluding hydrogens is 464 g/mol. The zero-order chi connectivity index (χ0) is 24.2. The average Bonchev–Trinajstić information content (AvgIpc) is 3.19. The Morgan fingerprint density at radius 1 is 1.17 bits per heavy atom. The quantitative estimate of drug-likeness (QED) is 0.369. The van der Waals surface area contributed by atoms with Crippen molar-refractivity contribution in [3.8, 4) is 5.88 Å². The number of fused-ring (bicyclic) bond motifs is 1. The number of amides is 1. The number of hydrogen-bond donors (Lipinski definition) is 1. The number of nitrogens with one attached hydrogen (secondary N) is 1. The summed E-state index contributed by atoms with van der Waals surface area (Å²) in [4.78, 5) is 26.8. The van der Waals surface area contributed by atoms with Crippen LogP contribution < -0.4 is 10.1 Å². The number of rotatable bonds is 8. The Kier molecular flexibility index (Phi) is 6.74. The fourth-order valence-corrected chi connectivity index (χ4v) is 4.26. The predicted octanol–water partition coefficient (Wildman–Crippen LogP) is 4.45. The number of halogens is 1. The Morgan fingerprint density at radius 2 is 2.09 bits per heavy atom. The lowest BCUT2D eigenvalue weighted by atomic mass is 10.0. The Bertz CT molecular complexity index is 1380. The summed E-state index contributed by atoms with van der Waals surface area (Å²) in [5.74, 6) is 1.56. The summed E-state index contributed by atoms with van der Waals surface area (Å²) >= 11 is 5.89. The second kappa shape index (κ2) is 10.2. The van der Waals surface area contributed by atoms with E-state index in [0.29, 0.717) is 23.9 Å². The third-order valence-electron chi connectivity index (χ3n) is 6.07. The van der Waals surface area contributed by atoms with Crippen LogP contribution in [0.5, 0.6) is 5.88 Å². The molecule has 178 valence electrons. The molecule has 3 aromatic heterocycles. The number of carbonyl (C=O) groups excluding carboxylic acids is 1. The Balaban J connectivity index is 1.23. The van der Waals surface area contributed by atoms with Crippen LogP contribution in [0, 0.1) is 0 Å². The van der Waals surface area contributed by atoms with Crippen molar-refractivity contribution in [3.05, 3.63) is 83.0 Å². The molecule has 0 fully saturated rings. The first-order valence-electron chi connectivity index (χ1n) is 11.4. The highest BCUT2D eigenvalue weighted by Gasteiger charge is 2.17. The summed E-state index contributed by atoms with van der Waals surface area (Å²) in [5.41, 5.74) is 5.60. The zero-order valence-electron chi connectivity index (χ0n) is 19.3. The number of hydrogen-bond acceptors (Lipinski definition) is 6. The molecule has 0 unspecified atom stereocenters. The van der Waals surface area contributed by atoms with Crippen LogP contribution in [0.2, 0.25) is 5.02 Å². The van der Waals surface area contributed by atoms with Crippen molar-refractivity contribution < 1.29 is 9.53 Å². The highest BCUT2D eigenvalue weighted by atomic mass is 35.5. The Hall–Kier alpha value is -3.75. The van der Waals surface area contributed by atoms with Crippen molar-refractivity contribution in [2.75, 3.05) is 18.4 Å². The molecule has 35 heavy (non-hydrogen) atoms. The molecule has 0 saturated heterocycles. The summed E-state index contributed by atoms with van der Waals surface area (Å²) < 4.78 is 7.95. The van der Waals surface area contributed by atoms with Crippen molar-refractivity contribution in [1.29, 1.82) is 0 Å². The summed E-state index contributed by atoms with van der Waals surface area (Å²) in [6, 6.07) is 15.2. The van der Waals surface area contributed by atoms with Crippen molar-refractivity contribution in [2.24, 2.45) is 7.05 Å². The van der Waals surface area contributed by atoms with Gasteiger partial charge in [0.2, 0.25) is 12.3 Å². The minimum Gasteiger partial charge on any atom is -0.471 e. The van der Waals surface area contributed by atoms with Gasteiger partial charge < -0.3 is 14.6 Å². The lowest BCUT2D eigenvalue weighted by Crippen LogP contribution is -2.29. The van der Waals surface area contributed by atoms with Gasteiger partial charge in [0.1, 0.15) is 12.4 Å². The van der Waals surface area contributed by atoms with E-state index in [1.54, 1.807) is 12.3 Å². The molecule has 0 spiro atoms. The topological polar surface area (TPSA) is 85.2 Å². The molecule has 4 aromatic rings. The summed E-state index contributed by atoms with van der Waals surface area (Å²) in [5, 5.41) is 3.28. The Labute approximate surface area is 208 Å². The van der Waals surface area contributed by atoms with Gasteiger partial charge in [-0.25, -0.2) is 9.97 Å². The number of anilines is 1. The number of ether oxygens (including phenoxy) is 1. The fraction of sp³-hybridized carbons (Fsp3) is 0.231. The van der Waals surface area contributed by atoms with Gasteiger partial charge in [-0.05, 0) is 48.4 Å². The van der Waals surface area contributed by atoms with Crippen molar-refractivity contribution in [3.63, 3.8) is 0 Å². The minimum atomic E-state index is 0.338. The second-order valence-corrected chi connectivity index (χ2v) is 8.82. The van der Waals surface area contributed by atoms with Crippen LogP contribution >= 0.6 is 11.6 Å². The molecule has 1 aliphatic rings. The van der Waals surface area contributed by atoms with Gasteiger partial charge in [-0.15, -0.1) is 0 Å². The van der Waals surface area contributed by atoms with Gasteiger partial charge in [-0.2, -0.15) is 0 Å². The normalized spacial score (nSPS) is 14.1. The molecule has 8 nitrogen and oxygen atoms in total. The van der Waals surface area contributed by atoms with Crippen LogP contribution in [-0.2, 0) is 25.0 Å². The van der Waals surface area contributed by atoms with Crippen molar-refractivity contribution >= 4 is 40.3 Å². The third-order valence-corrected chi connectivity index (χ3v) is 6.29. The van der Waals surface area contributed by atoms with Gasteiger partial charge in [-0.1, -0.05) is 23.7 Å². The minimum absolute atomic E-state index is 0.338. The van der Waals surface area contributed by atoms with Gasteiger partial charge in [0, 0.05) is 38.1 Å². The number of nitrogens with zero attached hydrogens (tertiary/aromatic N) is 5. The number of aromatic nitrogens is 4. The van der Waals surface area contributed by atoms with Crippen LogP contribution in [0.1, 0.15) is 23.6 Å². The van der Waals surface area contributed by atoms with Crippen LogP contribution in [0.3, 0.4) is 0 Å². The highest BCUT2D eigenvalue weighted by molar-refractivity contribution is 6.30. The van der Waals surface area contributed by atoms with Gasteiger partial charge >= 0.3 is 0 Å². The maximum absolute atomic E-state index is 10.7. The molecule has 0 atom stereocenters. The molecule has 0 bridgehead atoms. The van der Waals surface area contributed by atoms with E-state index in [0.717, 1.165) is 60.0 Å². The van der Waals surface area contributed by atoms with E-state index in [-0.39, 0.29) is 0 Å². The fourth-order valence-electron chi connectivity index (χ4n) is 4.15. The molecule has 1 aromatic carbocycles. The number of carbonyl (C=O) groups is 1. The number of pyridine rings is 2. The van der Waals surface area contributed by atoms with Gasteiger partial charge in [0.15, 0.2) is 0 Å².